The molecule has 1 amide bonds. The van der Waals surface area contributed by atoms with Gasteiger partial charge in [-0.1, -0.05) is 23.7 Å². The Morgan fingerprint density at radius 3 is 2.76 bits per heavy atom. The van der Waals surface area contributed by atoms with E-state index in [1.54, 1.807) is 40.6 Å². The normalized spacial score (nSPS) is 14.2. The molecule has 170 valence electrons. The number of thiophene rings is 1. The van der Waals surface area contributed by atoms with Gasteiger partial charge in [0.15, 0.2) is 0 Å². The Kier molecular flexibility index (Phi) is 6.03. The number of benzene rings is 1. The number of amides is 1. The first-order valence-corrected chi connectivity index (χ1v) is 12.2. The third-order valence-corrected chi connectivity index (χ3v) is 7.60. The summed E-state index contributed by atoms with van der Waals surface area (Å²) in [6.45, 7) is 0.270. The lowest BCUT2D eigenvalue weighted by Crippen LogP contribution is -2.32. The van der Waals surface area contributed by atoms with Gasteiger partial charge in [-0.15, -0.1) is 11.3 Å². The third-order valence-electron chi connectivity index (χ3n) is 6.15. The third kappa shape index (κ3) is 4.32. The van der Waals surface area contributed by atoms with E-state index in [1.807, 2.05) is 29.9 Å². The maximum atomic E-state index is 13.2. The highest BCUT2D eigenvalue weighted by Crippen LogP contribution is 2.33. The fourth-order valence-corrected chi connectivity index (χ4v) is 5.75. The number of aromatic nitrogens is 4. The number of nitrogens with one attached hydrogen (secondary N) is 1. The molecule has 1 N–H and O–H groups in total. The van der Waals surface area contributed by atoms with Gasteiger partial charge in [-0.25, -0.2) is 9.97 Å². The molecule has 1 aliphatic carbocycles. The fourth-order valence-electron chi connectivity index (χ4n) is 4.40. The second kappa shape index (κ2) is 9.11. The summed E-state index contributed by atoms with van der Waals surface area (Å²) >= 11 is 7.67. The smallest absolute Gasteiger partial charge is 0.262 e. The zero-order valence-electron chi connectivity index (χ0n) is 18.3. The lowest BCUT2D eigenvalue weighted by molar-refractivity contribution is -0.121. The lowest BCUT2D eigenvalue weighted by atomic mass is 9.97. The Morgan fingerprint density at radius 2 is 2.00 bits per heavy atom. The molecule has 0 fully saturated rings. The van der Waals surface area contributed by atoms with E-state index in [0.717, 1.165) is 46.4 Å². The van der Waals surface area contributed by atoms with Gasteiger partial charge in [-0.05, 0) is 48.9 Å². The van der Waals surface area contributed by atoms with Crippen molar-refractivity contribution in [3.05, 3.63) is 80.2 Å². The van der Waals surface area contributed by atoms with E-state index in [-0.39, 0.29) is 24.4 Å². The minimum atomic E-state index is -0.420. The van der Waals surface area contributed by atoms with Gasteiger partial charge in [0.05, 0.1) is 11.7 Å². The molecule has 1 aliphatic rings. The zero-order valence-corrected chi connectivity index (χ0v) is 19.8. The number of rotatable bonds is 6. The van der Waals surface area contributed by atoms with Crippen molar-refractivity contribution in [3.63, 3.8) is 0 Å². The van der Waals surface area contributed by atoms with Gasteiger partial charge in [0.1, 0.15) is 16.7 Å². The summed E-state index contributed by atoms with van der Waals surface area (Å²) in [7, 11) is 1.89. The number of aryl methyl sites for hydroxylation is 4. The van der Waals surface area contributed by atoms with Crippen molar-refractivity contribution in [2.24, 2.45) is 7.05 Å². The molecule has 33 heavy (non-hydrogen) atoms. The predicted octanol–water partition coefficient (Wildman–Crippen LogP) is 4.02. The van der Waals surface area contributed by atoms with Crippen molar-refractivity contribution in [1.82, 2.24) is 24.4 Å². The van der Waals surface area contributed by atoms with E-state index >= 15 is 0 Å². The summed E-state index contributed by atoms with van der Waals surface area (Å²) in [5, 5.41) is 4.44. The van der Waals surface area contributed by atoms with Crippen LogP contribution < -0.4 is 10.9 Å². The molecule has 0 saturated heterocycles. The first kappa shape index (κ1) is 21.9. The molecular weight excluding hydrogens is 458 g/mol. The summed E-state index contributed by atoms with van der Waals surface area (Å²) < 4.78 is 3.43. The summed E-state index contributed by atoms with van der Waals surface area (Å²) in [5.41, 5.74) is 1.99. The van der Waals surface area contributed by atoms with Crippen LogP contribution in [0.1, 0.15) is 47.1 Å². The number of halogens is 1. The molecule has 9 heteroatoms. The zero-order chi connectivity index (χ0) is 22.9. The number of fused-ring (bicyclic) bond motifs is 3. The maximum Gasteiger partial charge on any atom is 0.262 e. The van der Waals surface area contributed by atoms with Crippen LogP contribution in [0.5, 0.6) is 0 Å². The average Bonchev–Trinajstić information content (AvgIpc) is 3.41. The quantitative estimate of drug-likeness (QED) is 0.451. The van der Waals surface area contributed by atoms with E-state index in [0.29, 0.717) is 5.02 Å². The van der Waals surface area contributed by atoms with E-state index in [1.165, 1.54) is 11.3 Å². The fraction of sp³-hybridized carbons (Fsp3) is 0.333. The van der Waals surface area contributed by atoms with Gasteiger partial charge in [0.25, 0.3) is 5.56 Å². The van der Waals surface area contributed by atoms with Crippen LogP contribution in [0, 0.1) is 0 Å². The molecule has 0 radical (unpaired) electrons. The number of hydrogen-bond acceptors (Lipinski definition) is 5. The second-order valence-corrected chi connectivity index (χ2v) is 9.85. The van der Waals surface area contributed by atoms with Gasteiger partial charge >= 0.3 is 0 Å². The maximum absolute atomic E-state index is 13.2. The van der Waals surface area contributed by atoms with Crippen LogP contribution in [-0.4, -0.2) is 25.0 Å². The Bertz CT molecular complexity index is 1370. The summed E-state index contributed by atoms with van der Waals surface area (Å²) in [6, 6.07) is 6.92. The van der Waals surface area contributed by atoms with Crippen LogP contribution in [0.2, 0.25) is 5.02 Å². The van der Waals surface area contributed by atoms with E-state index < -0.39 is 6.04 Å². The lowest BCUT2D eigenvalue weighted by Gasteiger charge is -2.19. The summed E-state index contributed by atoms with van der Waals surface area (Å²) in [6.07, 6.45) is 9.50. The van der Waals surface area contributed by atoms with Crippen molar-refractivity contribution >= 4 is 39.1 Å². The molecule has 4 aromatic rings. The van der Waals surface area contributed by atoms with Crippen molar-refractivity contribution in [3.8, 4) is 0 Å². The first-order chi connectivity index (χ1) is 16.0. The molecule has 7 nitrogen and oxygen atoms in total. The molecule has 0 bridgehead atoms. The van der Waals surface area contributed by atoms with E-state index in [2.05, 4.69) is 15.3 Å². The van der Waals surface area contributed by atoms with E-state index in [9.17, 15) is 9.59 Å². The first-order valence-electron chi connectivity index (χ1n) is 11.0. The Morgan fingerprint density at radius 1 is 1.21 bits per heavy atom. The molecule has 1 aromatic carbocycles. The molecule has 3 aromatic heterocycles. The average molecular weight is 482 g/mol. The molecule has 3 heterocycles. The SMILES string of the molecule is Cn1ccnc1[C@H](NC(=O)CCn1cnc2sc3c(c2c1=O)CCCC3)c1ccc(Cl)cc1. The van der Waals surface area contributed by atoms with Crippen LogP contribution in [0.15, 0.2) is 47.8 Å². The van der Waals surface area contributed by atoms with Crippen LogP contribution in [0.4, 0.5) is 0 Å². The van der Waals surface area contributed by atoms with Gasteiger partial charge < -0.3 is 9.88 Å². The molecule has 0 aliphatic heterocycles. The van der Waals surface area contributed by atoms with Crippen LogP contribution in [0.3, 0.4) is 0 Å². The molecule has 0 unspecified atom stereocenters. The van der Waals surface area contributed by atoms with E-state index in [4.69, 9.17) is 11.6 Å². The highest BCUT2D eigenvalue weighted by molar-refractivity contribution is 7.18. The molecule has 5 rings (SSSR count). The predicted molar refractivity (Wildman–Crippen MR) is 130 cm³/mol. The van der Waals surface area contributed by atoms with Gasteiger partial charge in [0, 0.05) is 42.3 Å². The number of carbonyl (C=O) groups excluding carboxylic acids is 1. The molecular formula is C24H24ClN5O2S. The van der Waals surface area contributed by atoms with Crippen LogP contribution in [0.25, 0.3) is 10.2 Å². The summed E-state index contributed by atoms with van der Waals surface area (Å²) in [5.74, 6) is 0.549. The standard InChI is InChI=1S/C24H24ClN5O2S/c1-29-13-11-26-22(29)21(15-6-8-16(25)9-7-15)28-19(31)10-12-30-14-27-23-20(24(30)32)17-4-2-3-5-18(17)33-23/h6-9,11,13-14,21H,2-5,10,12H2,1H3,(H,28,31)/t21-/m1/s1. The largest absolute Gasteiger partial charge is 0.342 e. The second-order valence-electron chi connectivity index (χ2n) is 8.33. The number of carbonyl (C=O) groups is 1. The molecule has 0 saturated carbocycles. The van der Waals surface area contributed by atoms with Gasteiger partial charge in [-0.3, -0.25) is 14.2 Å². The van der Waals surface area contributed by atoms with Crippen molar-refractivity contribution in [2.45, 2.75) is 44.7 Å². The number of hydrogen-bond donors (Lipinski definition) is 1. The Balaban J connectivity index is 1.35. The highest BCUT2D eigenvalue weighted by atomic mass is 35.5. The van der Waals surface area contributed by atoms with Crippen molar-refractivity contribution < 1.29 is 4.79 Å². The summed E-state index contributed by atoms with van der Waals surface area (Å²) in [4.78, 5) is 37.1. The topological polar surface area (TPSA) is 81.8 Å². The Hall–Kier alpha value is -2.97. The minimum absolute atomic E-state index is 0.0504. The molecule has 0 spiro atoms. The van der Waals surface area contributed by atoms with Crippen molar-refractivity contribution in [1.29, 1.82) is 0 Å². The molecule has 1 atom stereocenters. The van der Waals surface area contributed by atoms with Crippen LogP contribution >= 0.6 is 22.9 Å². The Labute approximate surface area is 200 Å². The monoisotopic (exact) mass is 481 g/mol. The van der Waals surface area contributed by atoms with Crippen LogP contribution in [-0.2, 0) is 31.2 Å². The number of nitrogens with zero attached hydrogens (tertiary/aromatic N) is 4. The van der Waals surface area contributed by atoms with Gasteiger partial charge in [0.2, 0.25) is 5.91 Å². The minimum Gasteiger partial charge on any atom is -0.342 e. The highest BCUT2D eigenvalue weighted by Gasteiger charge is 2.22. The van der Waals surface area contributed by atoms with Gasteiger partial charge in [-0.2, -0.15) is 0 Å². The van der Waals surface area contributed by atoms with Crippen molar-refractivity contribution in [2.75, 3.05) is 0 Å². The number of imidazole rings is 1.